The number of amides is 2. The maximum absolute atomic E-state index is 12.9. The zero-order valence-corrected chi connectivity index (χ0v) is 21.5. The number of fused-ring (bicyclic) bond motifs is 1. The van der Waals surface area contributed by atoms with Gasteiger partial charge in [-0.05, 0) is 39.3 Å². The molecule has 5 rings (SSSR count). The Bertz CT molecular complexity index is 1430. The highest BCUT2D eigenvalue weighted by Gasteiger charge is 2.29. The van der Waals surface area contributed by atoms with Crippen molar-refractivity contribution in [2.24, 2.45) is 0 Å². The highest BCUT2D eigenvalue weighted by Crippen LogP contribution is 2.28. The largest absolute Gasteiger partial charge is 0.338 e. The molecule has 1 aliphatic rings. The Labute approximate surface area is 212 Å². The van der Waals surface area contributed by atoms with Crippen LogP contribution in [0, 0.1) is 13.8 Å². The van der Waals surface area contributed by atoms with Gasteiger partial charge in [0.15, 0.2) is 10.9 Å². The number of aromatic amines is 1. The van der Waals surface area contributed by atoms with Crippen LogP contribution < -0.4 is 16.0 Å². The summed E-state index contributed by atoms with van der Waals surface area (Å²) >= 11 is 1.23. The second-order valence-electron chi connectivity index (χ2n) is 9.65. The van der Waals surface area contributed by atoms with Gasteiger partial charge in [0.25, 0.3) is 5.91 Å². The van der Waals surface area contributed by atoms with Gasteiger partial charge in [0.05, 0.1) is 23.6 Å². The second kappa shape index (κ2) is 9.36. The first kappa shape index (κ1) is 23.9. The number of benzene rings is 1. The van der Waals surface area contributed by atoms with Gasteiger partial charge in [-0.3, -0.25) is 19.4 Å². The molecule has 4 N–H and O–H groups in total. The summed E-state index contributed by atoms with van der Waals surface area (Å²) in [6, 6.07) is 5.72. The molecular formula is C24H29N9O2S. The van der Waals surface area contributed by atoms with Crippen LogP contribution in [-0.2, 0) is 11.3 Å². The minimum absolute atomic E-state index is 0.0402. The first-order chi connectivity index (χ1) is 17.2. The van der Waals surface area contributed by atoms with Gasteiger partial charge >= 0.3 is 0 Å². The van der Waals surface area contributed by atoms with Gasteiger partial charge in [0.2, 0.25) is 5.91 Å². The number of hydrogen-bond donors (Lipinski definition) is 4. The number of H-pyrrole nitrogens is 1. The third-order valence-corrected chi connectivity index (χ3v) is 7.14. The lowest BCUT2D eigenvalue weighted by Gasteiger charge is -2.39. The normalized spacial score (nSPS) is 15.3. The molecule has 188 valence electrons. The van der Waals surface area contributed by atoms with Crippen molar-refractivity contribution in [1.82, 2.24) is 35.2 Å². The molecule has 1 saturated heterocycles. The van der Waals surface area contributed by atoms with E-state index < -0.39 is 0 Å². The zero-order valence-electron chi connectivity index (χ0n) is 20.7. The SMILES string of the molecule is Cc1ccc2[nH]ncc2c1NC(=O)c1cnc(Nc2cc(C)n(CC(=O)N3CCNC(C)(C)C3)n2)s1. The lowest BCUT2D eigenvalue weighted by molar-refractivity contribution is -0.134. The van der Waals surface area contributed by atoms with Crippen molar-refractivity contribution < 1.29 is 9.59 Å². The topological polar surface area (TPSA) is 133 Å². The molecule has 3 aromatic heterocycles. The van der Waals surface area contributed by atoms with Gasteiger partial charge in [0, 0.05) is 42.3 Å². The van der Waals surface area contributed by atoms with Crippen LogP contribution in [0.25, 0.3) is 10.9 Å². The number of hydrogen-bond acceptors (Lipinski definition) is 8. The number of thiazole rings is 1. The lowest BCUT2D eigenvalue weighted by Crippen LogP contribution is -2.58. The summed E-state index contributed by atoms with van der Waals surface area (Å²) < 4.78 is 1.69. The quantitative estimate of drug-likeness (QED) is 0.315. The van der Waals surface area contributed by atoms with E-state index in [1.807, 2.05) is 36.9 Å². The first-order valence-electron chi connectivity index (χ1n) is 11.7. The standard InChI is InChI=1S/C24H29N9O2S/c1-14-5-6-17-16(10-27-30-17)21(14)29-22(35)18-11-25-23(36-18)28-19-9-15(2)33(31-19)12-20(34)32-8-7-26-24(3,4)13-32/h5-6,9-11,26H,7-8,12-13H2,1-4H3,(H,27,30)(H,29,35)(H,25,28,31). The molecular weight excluding hydrogens is 478 g/mol. The van der Waals surface area contributed by atoms with Crippen LogP contribution in [0.2, 0.25) is 0 Å². The Morgan fingerprint density at radius 1 is 1.22 bits per heavy atom. The minimum atomic E-state index is -0.247. The Hall–Kier alpha value is -3.77. The molecule has 11 nitrogen and oxygen atoms in total. The summed E-state index contributed by atoms with van der Waals surface area (Å²) in [5, 5.41) is 22.5. The first-order valence-corrected chi connectivity index (χ1v) is 12.5. The molecule has 0 atom stereocenters. The third-order valence-electron chi connectivity index (χ3n) is 6.23. The number of rotatable bonds is 6. The van der Waals surface area contributed by atoms with Gasteiger partial charge in [-0.15, -0.1) is 0 Å². The molecule has 1 aliphatic heterocycles. The van der Waals surface area contributed by atoms with E-state index >= 15 is 0 Å². The molecule has 0 spiro atoms. The fourth-order valence-electron chi connectivity index (χ4n) is 4.33. The second-order valence-corrected chi connectivity index (χ2v) is 10.7. The van der Waals surface area contributed by atoms with Crippen LogP contribution in [0.4, 0.5) is 16.6 Å². The van der Waals surface area contributed by atoms with E-state index in [9.17, 15) is 9.59 Å². The average molecular weight is 508 g/mol. The Balaban J connectivity index is 1.24. The molecule has 1 aromatic carbocycles. The Morgan fingerprint density at radius 3 is 2.86 bits per heavy atom. The van der Waals surface area contributed by atoms with Crippen LogP contribution in [-0.4, -0.2) is 66.8 Å². The number of piperazine rings is 1. The summed E-state index contributed by atoms with van der Waals surface area (Å²) in [5.74, 6) is 0.364. The van der Waals surface area contributed by atoms with Crippen molar-refractivity contribution in [2.75, 3.05) is 30.3 Å². The Morgan fingerprint density at radius 2 is 2.06 bits per heavy atom. The summed E-state index contributed by atoms with van der Waals surface area (Å²) in [5.41, 5.74) is 3.28. The van der Waals surface area contributed by atoms with Crippen molar-refractivity contribution in [2.45, 2.75) is 39.8 Å². The number of nitrogens with one attached hydrogen (secondary N) is 4. The van der Waals surface area contributed by atoms with Crippen molar-refractivity contribution in [3.8, 4) is 0 Å². The fraction of sp³-hybridized carbons (Fsp3) is 0.375. The number of aryl methyl sites for hydroxylation is 2. The van der Waals surface area contributed by atoms with E-state index in [0.29, 0.717) is 28.9 Å². The molecule has 1 fully saturated rings. The molecule has 0 aliphatic carbocycles. The van der Waals surface area contributed by atoms with E-state index in [2.05, 4.69) is 50.1 Å². The minimum Gasteiger partial charge on any atom is -0.338 e. The zero-order chi connectivity index (χ0) is 25.4. The van der Waals surface area contributed by atoms with Gasteiger partial charge < -0.3 is 20.9 Å². The van der Waals surface area contributed by atoms with E-state index in [-0.39, 0.29) is 23.9 Å². The van der Waals surface area contributed by atoms with Gasteiger partial charge in [0.1, 0.15) is 11.4 Å². The number of nitrogens with zero attached hydrogens (tertiary/aromatic N) is 5. The monoisotopic (exact) mass is 507 g/mol. The smallest absolute Gasteiger partial charge is 0.267 e. The molecule has 0 saturated carbocycles. The van der Waals surface area contributed by atoms with Gasteiger partial charge in [-0.1, -0.05) is 17.4 Å². The molecule has 4 aromatic rings. The lowest BCUT2D eigenvalue weighted by atomic mass is 10.0. The predicted octanol–water partition coefficient (Wildman–Crippen LogP) is 3.04. The van der Waals surface area contributed by atoms with Crippen molar-refractivity contribution in [3.63, 3.8) is 0 Å². The van der Waals surface area contributed by atoms with Crippen molar-refractivity contribution in [1.29, 1.82) is 0 Å². The van der Waals surface area contributed by atoms with Crippen LogP contribution in [0.1, 0.15) is 34.8 Å². The highest BCUT2D eigenvalue weighted by molar-refractivity contribution is 7.17. The van der Waals surface area contributed by atoms with E-state index in [0.717, 1.165) is 34.4 Å². The molecule has 0 bridgehead atoms. The molecule has 2 amide bonds. The van der Waals surface area contributed by atoms with Crippen molar-refractivity contribution in [3.05, 3.63) is 46.7 Å². The van der Waals surface area contributed by atoms with Crippen LogP contribution in [0.15, 0.2) is 30.6 Å². The van der Waals surface area contributed by atoms with Gasteiger partial charge in [-0.25, -0.2) is 4.98 Å². The third kappa shape index (κ3) is 4.95. The number of carbonyl (C=O) groups excluding carboxylic acids is 2. The maximum atomic E-state index is 12.9. The van der Waals surface area contributed by atoms with Crippen LogP contribution in [0.5, 0.6) is 0 Å². The summed E-state index contributed by atoms with van der Waals surface area (Å²) in [4.78, 5) is 32.4. The Kier molecular flexibility index (Phi) is 6.22. The molecule has 36 heavy (non-hydrogen) atoms. The van der Waals surface area contributed by atoms with Crippen molar-refractivity contribution >= 4 is 50.7 Å². The number of aromatic nitrogens is 5. The van der Waals surface area contributed by atoms with E-state index in [4.69, 9.17) is 0 Å². The predicted molar refractivity (Wildman–Crippen MR) is 140 cm³/mol. The van der Waals surface area contributed by atoms with Crippen LogP contribution >= 0.6 is 11.3 Å². The van der Waals surface area contributed by atoms with Gasteiger partial charge in [-0.2, -0.15) is 10.2 Å². The van der Waals surface area contributed by atoms with Crippen LogP contribution in [0.3, 0.4) is 0 Å². The van der Waals surface area contributed by atoms with E-state index in [1.165, 1.54) is 17.5 Å². The maximum Gasteiger partial charge on any atom is 0.267 e. The fourth-order valence-corrected chi connectivity index (χ4v) is 5.05. The molecule has 4 heterocycles. The molecule has 0 unspecified atom stereocenters. The summed E-state index contributed by atoms with van der Waals surface area (Å²) in [7, 11) is 0. The summed E-state index contributed by atoms with van der Waals surface area (Å²) in [6.45, 7) is 10.3. The number of carbonyl (C=O) groups is 2. The highest BCUT2D eigenvalue weighted by atomic mass is 32.1. The summed E-state index contributed by atoms with van der Waals surface area (Å²) in [6.07, 6.45) is 3.23. The average Bonchev–Trinajstić information content (AvgIpc) is 3.56. The molecule has 12 heteroatoms. The van der Waals surface area contributed by atoms with E-state index in [1.54, 1.807) is 10.9 Å². The molecule has 0 radical (unpaired) electrons. The number of anilines is 3.